The van der Waals surface area contributed by atoms with Crippen LogP contribution >= 0.6 is 24.0 Å². The monoisotopic (exact) mass is 516 g/mol. The van der Waals surface area contributed by atoms with Crippen LogP contribution in [0.1, 0.15) is 37.8 Å². The molecule has 7 heteroatoms. The highest BCUT2D eigenvalue weighted by Crippen LogP contribution is 2.15. The van der Waals surface area contributed by atoms with Crippen molar-refractivity contribution in [3.05, 3.63) is 35.4 Å². The summed E-state index contributed by atoms with van der Waals surface area (Å²) >= 11 is 0. The van der Waals surface area contributed by atoms with Crippen LogP contribution in [0.25, 0.3) is 0 Å². The van der Waals surface area contributed by atoms with Gasteiger partial charge in [-0.15, -0.1) is 24.0 Å². The van der Waals surface area contributed by atoms with E-state index in [-0.39, 0.29) is 24.0 Å². The quantitative estimate of drug-likeness (QED) is 0.358. The first-order valence-electron chi connectivity index (χ1n) is 10.7. The molecule has 2 fully saturated rings. The van der Waals surface area contributed by atoms with E-state index in [0.29, 0.717) is 12.2 Å². The lowest BCUT2D eigenvalue weighted by Gasteiger charge is -2.34. The molecule has 164 valence electrons. The van der Waals surface area contributed by atoms with Crippen molar-refractivity contribution in [3.63, 3.8) is 0 Å². The van der Waals surface area contributed by atoms with Gasteiger partial charge < -0.3 is 19.7 Å². The molecule has 2 aliphatic rings. The first-order chi connectivity index (χ1) is 13.7. The van der Waals surface area contributed by atoms with Gasteiger partial charge in [-0.05, 0) is 37.8 Å². The number of hydrogen-bond donors (Lipinski definition) is 1. The van der Waals surface area contributed by atoms with E-state index >= 15 is 0 Å². The van der Waals surface area contributed by atoms with Crippen LogP contribution in [0.15, 0.2) is 29.3 Å². The molecule has 0 radical (unpaired) electrons. The third-order valence-corrected chi connectivity index (χ3v) is 5.53. The van der Waals surface area contributed by atoms with Crippen molar-refractivity contribution in [3.8, 4) is 0 Å². The number of ether oxygens (including phenoxy) is 2. The zero-order valence-corrected chi connectivity index (χ0v) is 20.4. The molecule has 0 aliphatic carbocycles. The SMILES string of the molecule is CCOC1CCN(C(=NC)NCc2cccc(CN3CCOC(C)C3)c2)CC1.I. The fraction of sp³-hybridized carbons (Fsp3) is 0.682. The van der Waals surface area contributed by atoms with Gasteiger partial charge in [-0.2, -0.15) is 0 Å². The summed E-state index contributed by atoms with van der Waals surface area (Å²) in [7, 11) is 1.87. The van der Waals surface area contributed by atoms with E-state index in [4.69, 9.17) is 9.47 Å². The highest BCUT2D eigenvalue weighted by atomic mass is 127. The third-order valence-electron chi connectivity index (χ3n) is 5.53. The number of guanidine groups is 1. The minimum absolute atomic E-state index is 0. The summed E-state index contributed by atoms with van der Waals surface area (Å²) in [6.45, 7) is 11.7. The normalized spacial score (nSPS) is 21.7. The van der Waals surface area contributed by atoms with Gasteiger partial charge in [0.15, 0.2) is 5.96 Å². The van der Waals surface area contributed by atoms with Crippen molar-refractivity contribution in [2.24, 2.45) is 4.99 Å². The molecule has 0 bridgehead atoms. The number of piperidine rings is 1. The lowest BCUT2D eigenvalue weighted by Crippen LogP contribution is -2.46. The van der Waals surface area contributed by atoms with Gasteiger partial charge >= 0.3 is 0 Å². The average molecular weight is 516 g/mol. The van der Waals surface area contributed by atoms with Gasteiger partial charge in [0.05, 0.1) is 18.8 Å². The number of rotatable bonds is 6. The molecule has 1 unspecified atom stereocenters. The second-order valence-corrected chi connectivity index (χ2v) is 7.78. The average Bonchev–Trinajstić information content (AvgIpc) is 2.70. The summed E-state index contributed by atoms with van der Waals surface area (Å²) in [6, 6.07) is 8.87. The van der Waals surface area contributed by atoms with Gasteiger partial charge in [0.25, 0.3) is 0 Å². The topological polar surface area (TPSA) is 49.3 Å². The van der Waals surface area contributed by atoms with E-state index in [1.54, 1.807) is 0 Å². The molecule has 0 spiro atoms. The Kier molecular flexibility index (Phi) is 10.7. The summed E-state index contributed by atoms with van der Waals surface area (Å²) in [5.41, 5.74) is 2.66. The largest absolute Gasteiger partial charge is 0.378 e. The molecular formula is C22H37IN4O2. The third kappa shape index (κ3) is 7.70. The molecule has 1 aromatic carbocycles. The highest BCUT2D eigenvalue weighted by Gasteiger charge is 2.21. The number of hydrogen-bond acceptors (Lipinski definition) is 4. The second-order valence-electron chi connectivity index (χ2n) is 7.78. The fourth-order valence-corrected chi connectivity index (χ4v) is 4.11. The molecule has 0 aromatic heterocycles. The summed E-state index contributed by atoms with van der Waals surface area (Å²) in [5, 5.41) is 3.54. The predicted octanol–water partition coefficient (Wildman–Crippen LogP) is 3.10. The van der Waals surface area contributed by atoms with Crippen molar-refractivity contribution in [2.45, 2.75) is 52.0 Å². The van der Waals surface area contributed by atoms with E-state index in [9.17, 15) is 0 Å². The summed E-state index contributed by atoms with van der Waals surface area (Å²) in [6.07, 6.45) is 2.87. The lowest BCUT2D eigenvalue weighted by atomic mass is 10.1. The van der Waals surface area contributed by atoms with Crippen molar-refractivity contribution in [1.29, 1.82) is 0 Å². The lowest BCUT2D eigenvalue weighted by molar-refractivity contribution is -0.0212. The Hall–Kier alpha value is -0.900. The van der Waals surface area contributed by atoms with Crippen LogP contribution in [0.4, 0.5) is 0 Å². The van der Waals surface area contributed by atoms with Crippen molar-refractivity contribution in [1.82, 2.24) is 15.1 Å². The predicted molar refractivity (Wildman–Crippen MR) is 129 cm³/mol. The molecule has 3 rings (SSSR count). The zero-order valence-electron chi connectivity index (χ0n) is 18.1. The van der Waals surface area contributed by atoms with Gasteiger partial charge in [0.1, 0.15) is 0 Å². The van der Waals surface area contributed by atoms with E-state index < -0.39 is 0 Å². The van der Waals surface area contributed by atoms with Crippen LogP contribution in [-0.2, 0) is 22.6 Å². The van der Waals surface area contributed by atoms with Gasteiger partial charge in [-0.1, -0.05) is 24.3 Å². The number of aliphatic imine (C=N–C) groups is 1. The zero-order chi connectivity index (χ0) is 19.8. The minimum Gasteiger partial charge on any atom is -0.378 e. The number of nitrogens with one attached hydrogen (secondary N) is 1. The Morgan fingerprint density at radius 3 is 2.69 bits per heavy atom. The Bertz CT molecular complexity index is 635. The van der Waals surface area contributed by atoms with Crippen LogP contribution in [0.5, 0.6) is 0 Å². The van der Waals surface area contributed by atoms with Crippen LogP contribution in [0, 0.1) is 0 Å². The van der Waals surface area contributed by atoms with Gasteiger partial charge in [0.2, 0.25) is 0 Å². The number of benzene rings is 1. The smallest absolute Gasteiger partial charge is 0.193 e. The van der Waals surface area contributed by atoms with E-state index in [1.807, 2.05) is 7.05 Å². The Balaban J connectivity index is 0.00000300. The van der Waals surface area contributed by atoms with E-state index in [0.717, 1.165) is 71.3 Å². The molecule has 2 saturated heterocycles. The van der Waals surface area contributed by atoms with Crippen LogP contribution in [0.2, 0.25) is 0 Å². The highest BCUT2D eigenvalue weighted by molar-refractivity contribution is 14.0. The van der Waals surface area contributed by atoms with E-state index in [2.05, 4.69) is 58.2 Å². The minimum atomic E-state index is 0. The molecule has 2 aliphatic heterocycles. The van der Waals surface area contributed by atoms with Crippen molar-refractivity contribution in [2.75, 3.05) is 46.4 Å². The first kappa shape index (κ1) is 24.4. The summed E-state index contributed by atoms with van der Waals surface area (Å²) in [5.74, 6) is 0.988. The molecule has 6 nitrogen and oxygen atoms in total. The molecule has 0 amide bonds. The Morgan fingerprint density at radius 2 is 2.00 bits per heavy atom. The van der Waals surface area contributed by atoms with Gasteiger partial charge in [0, 0.05) is 52.9 Å². The maximum atomic E-state index is 5.76. The number of likely N-dealkylation sites (tertiary alicyclic amines) is 1. The second kappa shape index (κ2) is 12.7. The number of nitrogens with zero attached hydrogens (tertiary/aromatic N) is 3. The molecule has 0 saturated carbocycles. The first-order valence-corrected chi connectivity index (χ1v) is 10.7. The van der Waals surface area contributed by atoms with Crippen molar-refractivity contribution >= 4 is 29.9 Å². The van der Waals surface area contributed by atoms with Crippen LogP contribution in [-0.4, -0.2) is 74.4 Å². The molecule has 29 heavy (non-hydrogen) atoms. The maximum absolute atomic E-state index is 5.76. The van der Waals surface area contributed by atoms with Gasteiger partial charge in [-0.3, -0.25) is 9.89 Å². The number of morpholine rings is 1. The van der Waals surface area contributed by atoms with Crippen LogP contribution < -0.4 is 5.32 Å². The van der Waals surface area contributed by atoms with Crippen LogP contribution in [0.3, 0.4) is 0 Å². The van der Waals surface area contributed by atoms with E-state index in [1.165, 1.54) is 11.1 Å². The molecule has 1 N–H and O–H groups in total. The molecule has 1 aromatic rings. The standard InChI is InChI=1S/C22H36N4O2.HI/c1-4-27-21-8-10-26(11-9-21)22(23-3)24-15-19-6-5-7-20(14-19)17-25-12-13-28-18(2)16-25;/h5-7,14,18,21H,4,8-13,15-17H2,1-3H3,(H,23,24);1H. The molecule has 2 heterocycles. The Morgan fingerprint density at radius 1 is 1.24 bits per heavy atom. The molecular weight excluding hydrogens is 479 g/mol. The fourth-order valence-electron chi connectivity index (χ4n) is 4.11. The Labute approximate surface area is 193 Å². The summed E-state index contributed by atoms with van der Waals surface area (Å²) < 4.78 is 11.4. The summed E-state index contributed by atoms with van der Waals surface area (Å²) in [4.78, 5) is 9.31. The maximum Gasteiger partial charge on any atom is 0.193 e. The van der Waals surface area contributed by atoms with Gasteiger partial charge in [-0.25, -0.2) is 0 Å². The number of halogens is 1. The molecule has 1 atom stereocenters. The van der Waals surface area contributed by atoms with Crippen molar-refractivity contribution < 1.29 is 9.47 Å².